The third kappa shape index (κ3) is 3.65. The number of carbonyl (C=O) groups excluding carboxylic acids is 1. The Bertz CT molecular complexity index is 768. The van der Waals surface area contributed by atoms with Gasteiger partial charge in [-0.05, 0) is 0 Å². The molecule has 3 rings (SSSR count). The number of esters is 1. The van der Waals surface area contributed by atoms with Crippen LogP contribution in [0, 0.1) is 0 Å². The van der Waals surface area contributed by atoms with E-state index in [9.17, 15) is 4.79 Å². The van der Waals surface area contributed by atoms with Gasteiger partial charge in [0.1, 0.15) is 0 Å². The van der Waals surface area contributed by atoms with Gasteiger partial charge in [0.25, 0.3) is 0 Å². The van der Waals surface area contributed by atoms with Crippen LogP contribution in [0.3, 0.4) is 0 Å². The molecule has 0 atom stereocenters. The van der Waals surface area contributed by atoms with E-state index in [0.717, 1.165) is 0 Å². The van der Waals surface area contributed by atoms with E-state index in [1.165, 1.54) is 13.1 Å². The van der Waals surface area contributed by atoms with Gasteiger partial charge in [-0.1, -0.05) is 0 Å². The summed E-state index contributed by atoms with van der Waals surface area (Å²) in [5, 5.41) is 0. The number of hydrogen-bond acceptors (Lipinski definition) is 2. The summed E-state index contributed by atoms with van der Waals surface area (Å²) in [5.41, 5.74) is 0. The first-order valence-corrected chi connectivity index (χ1v) is 12.3. The van der Waals surface area contributed by atoms with Crippen LogP contribution in [-0.2, 0) is 9.53 Å². The molecule has 2 nitrogen and oxygen atoms in total. The fraction of sp³-hybridized carbons (Fsp3) is 0.0909. The fourth-order valence-corrected chi connectivity index (χ4v) is 10.7. The monoisotopic (exact) mass is 392 g/mol. The van der Waals surface area contributed by atoms with Crippen LogP contribution in [0.4, 0.5) is 0 Å². The molecule has 3 heteroatoms. The van der Waals surface area contributed by atoms with Gasteiger partial charge in [0.05, 0.1) is 0 Å². The van der Waals surface area contributed by atoms with Crippen LogP contribution in [0.5, 0.6) is 0 Å². The second kappa shape index (κ2) is 8.09. The van der Waals surface area contributed by atoms with Crippen LogP contribution in [0.1, 0.15) is 6.92 Å². The van der Waals surface area contributed by atoms with Crippen molar-refractivity contribution in [3.63, 3.8) is 0 Å². The van der Waals surface area contributed by atoms with Gasteiger partial charge in [-0.25, -0.2) is 0 Å². The molecule has 0 bridgehead atoms. The first kappa shape index (κ1) is 17.4. The van der Waals surface area contributed by atoms with Crippen LogP contribution in [0.2, 0.25) is 0 Å². The number of carbonyl (C=O) groups is 1. The van der Waals surface area contributed by atoms with Crippen molar-refractivity contribution in [1.82, 2.24) is 0 Å². The Hall–Kier alpha value is -2.44. The van der Waals surface area contributed by atoms with Crippen molar-refractivity contribution in [2.45, 2.75) is 6.92 Å². The van der Waals surface area contributed by atoms with Gasteiger partial charge in [-0.2, -0.15) is 0 Å². The molecular weight excluding hydrogens is 371 g/mol. The maximum absolute atomic E-state index is 12.5. The Kier molecular flexibility index (Phi) is 5.63. The Balaban J connectivity index is 2.38. The molecule has 0 heterocycles. The predicted molar refractivity (Wildman–Crippen MR) is 107 cm³/mol. The minimum absolute atomic E-state index is 0.244. The second-order valence-electron chi connectivity index (χ2n) is 5.61. The van der Waals surface area contributed by atoms with Gasteiger partial charge >= 0.3 is 151 Å². The molecule has 3 aromatic rings. The molecule has 0 amide bonds. The Morgan fingerprint density at radius 1 is 0.760 bits per heavy atom. The zero-order valence-electron chi connectivity index (χ0n) is 14.2. The number of rotatable bonds is 5. The molecule has 0 radical (unpaired) electrons. The van der Waals surface area contributed by atoms with Crippen molar-refractivity contribution >= 4 is 36.9 Å². The van der Waals surface area contributed by atoms with Gasteiger partial charge in [0, 0.05) is 0 Å². The van der Waals surface area contributed by atoms with E-state index in [0.29, 0.717) is 6.61 Å². The van der Waals surface area contributed by atoms with Crippen molar-refractivity contribution in [2.75, 3.05) is 6.61 Å². The average Bonchev–Trinajstić information content (AvgIpc) is 2.68. The summed E-state index contributed by atoms with van der Waals surface area (Å²) in [6, 6.07) is 31.0. The summed E-state index contributed by atoms with van der Waals surface area (Å²) in [7, 11) is 0. The molecule has 0 fully saturated rings. The zero-order chi connectivity index (χ0) is 17.5. The molecule has 126 valence electrons. The molecule has 25 heavy (non-hydrogen) atoms. The van der Waals surface area contributed by atoms with Crippen molar-refractivity contribution in [3.8, 4) is 0 Å². The van der Waals surface area contributed by atoms with E-state index in [2.05, 4.69) is 36.4 Å². The Labute approximate surface area is 151 Å². The summed E-state index contributed by atoms with van der Waals surface area (Å²) in [5.74, 6) is -0.244. The maximum atomic E-state index is 12.5. The summed E-state index contributed by atoms with van der Waals surface area (Å²) >= 11 is -3.08. The van der Waals surface area contributed by atoms with E-state index in [4.69, 9.17) is 4.74 Å². The van der Waals surface area contributed by atoms with Gasteiger partial charge in [-0.15, -0.1) is 0 Å². The molecule has 3 aromatic carbocycles. The molecule has 0 spiro atoms. The standard InChI is InChI=1S/C22H21AsO2/c1-2-25-22(24)18-23(19-12-6-3-7-13-19,20-14-8-4-9-15-20)21-16-10-5-11-17-21/h3-18H,2H2,1H3. The van der Waals surface area contributed by atoms with Crippen LogP contribution in [-0.4, -0.2) is 30.5 Å². The van der Waals surface area contributed by atoms with Crippen molar-refractivity contribution in [2.24, 2.45) is 0 Å². The molecule has 0 aliphatic rings. The Morgan fingerprint density at radius 3 is 1.44 bits per heavy atom. The summed E-state index contributed by atoms with van der Waals surface area (Å²) in [6.45, 7) is 2.22. The van der Waals surface area contributed by atoms with Gasteiger partial charge < -0.3 is 0 Å². The van der Waals surface area contributed by atoms with E-state index in [-0.39, 0.29) is 5.97 Å². The molecule has 0 saturated carbocycles. The molecule has 0 aliphatic heterocycles. The molecule has 0 N–H and O–H groups in total. The number of benzene rings is 3. The topological polar surface area (TPSA) is 26.3 Å². The van der Waals surface area contributed by atoms with Crippen molar-refractivity contribution in [3.05, 3.63) is 91.0 Å². The van der Waals surface area contributed by atoms with Gasteiger partial charge in [-0.3, -0.25) is 0 Å². The number of ether oxygens (including phenoxy) is 1. The third-order valence-electron chi connectivity index (χ3n) is 4.08. The van der Waals surface area contributed by atoms with Gasteiger partial charge in [0.15, 0.2) is 0 Å². The molecule has 0 aromatic heterocycles. The zero-order valence-corrected chi connectivity index (χ0v) is 16.1. The van der Waals surface area contributed by atoms with Crippen molar-refractivity contribution < 1.29 is 9.53 Å². The van der Waals surface area contributed by atoms with Crippen LogP contribution in [0.25, 0.3) is 0 Å². The quantitative estimate of drug-likeness (QED) is 0.491. The van der Waals surface area contributed by atoms with Gasteiger partial charge in [0.2, 0.25) is 0 Å². The summed E-state index contributed by atoms with van der Waals surface area (Å²) in [4.78, 5) is 14.4. The minimum atomic E-state index is -3.08. The Morgan fingerprint density at radius 2 is 1.12 bits per heavy atom. The van der Waals surface area contributed by atoms with Crippen molar-refractivity contribution in [1.29, 1.82) is 0 Å². The SMILES string of the molecule is CCOC(=O)C=[As](c1ccccc1)(c1ccccc1)c1ccccc1. The first-order chi connectivity index (χ1) is 12.3. The summed E-state index contributed by atoms with van der Waals surface area (Å²) < 4.78 is 8.91. The molecule has 0 unspecified atom stereocenters. The van der Waals surface area contributed by atoms with Crippen LogP contribution < -0.4 is 13.1 Å². The average molecular weight is 392 g/mol. The predicted octanol–water partition coefficient (Wildman–Crippen LogP) is 2.10. The van der Waals surface area contributed by atoms with E-state index < -0.39 is 13.1 Å². The van der Waals surface area contributed by atoms with E-state index in [1.807, 2.05) is 66.3 Å². The fourth-order valence-electron chi connectivity index (χ4n) is 3.00. The summed E-state index contributed by atoms with van der Waals surface area (Å²) in [6.07, 6.45) is 0. The molecule has 0 saturated heterocycles. The normalized spacial score (nSPS) is 10.9. The molecular formula is C22H21AsO2. The third-order valence-corrected chi connectivity index (χ3v) is 12.3. The molecule has 0 aliphatic carbocycles. The van der Waals surface area contributed by atoms with E-state index in [1.54, 1.807) is 0 Å². The van der Waals surface area contributed by atoms with E-state index >= 15 is 0 Å². The first-order valence-electron chi connectivity index (χ1n) is 8.35. The second-order valence-corrected chi connectivity index (χ2v) is 12.4. The van der Waals surface area contributed by atoms with Crippen LogP contribution >= 0.6 is 0 Å². The number of hydrogen-bond donors (Lipinski definition) is 0. The van der Waals surface area contributed by atoms with Crippen LogP contribution in [0.15, 0.2) is 91.0 Å².